The molecule has 1 heterocycles. The van der Waals surface area contributed by atoms with Crippen molar-refractivity contribution >= 4 is 18.1 Å². The molecule has 28 heavy (non-hydrogen) atoms. The number of β-amino-alcohol motifs (C(OH)–C–C–N with tert-alkyl or cyclic N) is 1. The highest BCUT2D eigenvalue weighted by Crippen LogP contribution is 2.26. The third-order valence-electron chi connectivity index (χ3n) is 5.04. The zero-order chi connectivity index (χ0) is 19.1. The van der Waals surface area contributed by atoms with Crippen LogP contribution in [0.25, 0.3) is 0 Å². The van der Waals surface area contributed by atoms with E-state index in [1.807, 2.05) is 6.07 Å². The summed E-state index contributed by atoms with van der Waals surface area (Å²) in [6.45, 7) is 2.49. The van der Waals surface area contributed by atoms with Gasteiger partial charge in [0.25, 0.3) is 0 Å². The minimum atomic E-state index is -0.671. The first kappa shape index (κ1) is 22.1. The monoisotopic (exact) mass is 406 g/mol. The van der Waals surface area contributed by atoms with Gasteiger partial charge in [0.1, 0.15) is 12.7 Å². The summed E-state index contributed by atoms with van der Waals surface area (Å²) < 4.78 is 5.48. The first-order valence-corrected chi connectivity index (χ1v) is 9.42. The topological polar surface area (TPSA) is 75.8 Å². The number of hydrogen-bond acceptors (Lipinski definition) is 5. The van der Waals surface area contributed by atoms with Crippen LogP contribution in [-0.2, 0) is 6.42 Å². The number of piperidine rings is 1. The minimum Gasteiger partial charge on any atom is -0.484 e. The van der Waals surface area contributed by atoms with E-state index in [4.69, 9.17) is 4.74 Å². The van der Waals surface area contributed by atoms with Crippen molar-refractivity contribution in [2.75, 3.05) is 26.2 Å². The number of rotatable bonds is 8. The van der Waals surface area contributed by atoms with Crippen molar-refractivity contribution < 1.29 is 14.8 Å². The summed E-state index contributed by atoms with van der Waals surface area (Å²) in [7, 11) is 0. The third-order valence-corrected chi connectivity index (χ3v) is 5.04. The molecule has 0 saturated carbocycles. The second kappa shape index (κ2) is 11.0. The van der Waals surface area contributed by atoms with Crippen LogP contribution in [0.5, 0.6) is 5.75 Å². The number of likely N-dealkylation sites (tertiary alicyclic amines) is 1. The Hall–Kier alpha value is -2.15. The molecule has 1 fully saturated rings. The number of halogens is 1. The number of para-hydroxylation sites is 2. The van der Waals surface area contributed by atoms with Crippen LogP contribution in [0, 0.1) is 16.0 Å². The molecule has 0 spiro atoms. The van der Waals surface area contributed by atoms with Gasteiger partial charge < -0.3 is 14.7 Å². The van der Waals surface area contributed by atoms with Gasteiger partial charge in [0.15, 0.2) is 5.75 Å². The lowest BCUT2D eigenvalue weighted by Crippen LogP contribution is -2.41. The Morgan fingerprint density at radius 2 is 1.75 bits per heavy atom. The van der Waals surface area contributed by atoms with Crippen LogP contribution in [0.4, 0.5) is 5.69 Å². The molecule has 1 atom stereocenters. The predicted octanol–water partition coefficient (Wildman–Crippen LogP) is 3.71. The van der Waals surface area contributed by atoms with Crippen LogP contribution in [-0.4, -0.2) is 47.3 Å². The van der Waals surface area contributed by atoms with Gasteiger partial charge in [0, 0.05) is 12.6 Å². The molecule has 1 aliphatic heterocycles. The van der Waals surface area contributed by atoms with E-state index in [1.54, 1.807) is 18.2 Å². The first-order valence-electron chi connectivity index (χ1n) is 9.42. The maximum Gasteiger partial charge on any atom is 0.310 e. The highest BCUT2D eigenvalue weighted by atomic mass is 35.5. The molecule has 0 radical (unpaired) electrons. The minimum absolute atomic E-state index is 0. The van der Waals surface area contributed by atoms with E-state index in [-0.39, 0.29) is 30.5 Å². The van der Waals surface area contributed by atoms with Crippen LogP contribution in [0.3, 0.4) is 0 Å². The van der Waals surface area contributed by atoms with E-state index in [0.29, 0.717) is 12.5 Å². The molecule has 6 nitrogen and oxygen atoms in total. The van der Waals surface area contributed by atoms with Gasteiger partial charge in [-0.1, -0.05) is 42.5 Å². The first-order chi connectivity index (χ1) is 13.1. The number of hydrogen-bond donors (Lipinski definition) is 1. The predicted molar refractivity (Wildman–Crippen MR) is 111 cm³/mol. The number of aliphatic hydroxyl groups is 1. The fraction of sp³-hybridized carbons (Fsp3) is 0.429. The Morgan fingerprint density at radius 1 is 1.11 bits per heavy atom. The SMILES string of the molecule is Cl.O=[N+]([O-])c1ccccc1OCC(O)CN1CCC(Cc2ccccc2)CC1. The third kappa shape index (κ3) is 6.48. The Bertz CT molecular complexity index is 736. The van der Waals surface area contributed by atoms with Crippen molar-refractivity contribution in [2.45, 2.75) is 25.4 Å². The van der Waals surface area contributed by atoms with E-state index in [1.165, 1.54) is 11.6 Å². The molecule has 1 unspecified atom stereocenters. The summed E-state index contributed by atoms with van der Waals surface area (Å²) in [4.78, 5) is 12.8. The Morgan fingerprint density at radius 3 is 2.43 bits per heavy atom. The number of aliphatic hydroxyl groups excluding tert-OH is 1. The molecule has 2 aromatic carbocycles. The number of benzene rings is 2. The molecule has 0 amide bonds. The van der Waals surface area contributed by atoms with Crippen LogP contribution in [0.15, 0.2) is 54.6 Å². The van der Waals surface area contributed by atoms with Gasteiger partial charge in [-0.3, -0.25) is 10.1 Å². The van der Waals surface area contributed by atoms with Crippen LogP contribution < -0.4 is 4.74 Å². The van der Waals surface area contributed by atoms with E-state index < -0.39 is 11.0 Å². The quantitative estimate of drug-likeness (QED) is 0.534. The molecule has 0 aromatic heterocycles. The summed E-state index contributed by atoms with van der Waals surface area (Å²) in [6, 6.07) is 16.8. The Balaban J connectivity index is 0.00000280. The van der Waals surface area contributed by atoms with Crippen LogP contribution in [0.1, 0.15) is 18.4 Å². The molecule has 0 aliphatic carbocycles. The molecule has 1 N–H and O–H groups in total. The van der Waals surface area contributed by atoms with E-state index in [9.17, 15) is 15.2 Å². The average Bonchev–Trinajstić information content (AvgIpc) is 2.69. The zero-order valence-corrected chi connectivity index (χ0v) is 16.6. The lowest BCUT2D eigenvalue weighted by Gasteiger charge is -2.33. The standard InChI is InChI=1S/C21H26N2O4.ClH/c24-19(16-27-21-9-5-4-8-20(21)23(25)26)15-22-12-10-18(11-13-22)14-17-6-2-1-3-7-17;/h1-9,18-19,24H,10-16H2;1H. The number of nitro groups is 1. The van der Waals surface area contributed by atoms with E-state index in [0.717, 1.165) is 32.4 Å². The summed E-state index contributed by atoms with van der Waals surface area (Å²) in [6.07, 6.45) is 2.67. The number of nitro benzene ring substituents is 1. The molecule has 2 aromatic rings. The van der Waals surface area contributed by atoms with Crippen molar-refractivity contribution in [1.29, 1.82) is 0 Å². The lowest BCUT2D eigenvalue weighted by atomic mass is 9.90. The summed E-state index contributed by atoms with van der Waals surface area (Å²) in [5.74, 6) is 0.882. The molecule has 0 bridgehead atoms. The molecular formula is C21H27ClN2O4. The molecule has 1 saturated heterocycles. The summed E-state index contributed by atoms with van der Waals surface area (Å²) in [5.41, 5.74) is 1.31. The van der Waals surface area contributed by atoms with Gasteiger partial charge in [0.2, 0.25) is 0 Å². The Kier molecular flexibility index (Phi) is 8.70. The van der Waals surface area contributed by atoms with Gasteiger partial charge in [-0.05, 0) is 49.9 Å². The highest BCUT2D eigenvalue weighted by molar-refractivity contribution is 5.85. The fourth-order valence-electron chi connectivity index (χ4n) is 3.59. The second-order valence-electron chi connectivity index (χ2n) is 7.12. The van der Waals surface area contributed by atoms with Gasteiger partial charge in [-0.15, -0.1) is 12.4 Å². The summed E-state index contributed by atoms with van der Waals surface area (Å²) >= 11 is 0. The van der Waals surface area contributed by atoms with E-state index >= 15 is 0 Å². The largest absolute Gasteiger partial charge is 0.484 e. The van der Waals surface area contributed by atoms with Gasteiger partial charge in [-0.25, -0.2) is 0 Å². The number of nitrogens with zero attached hydrogens (tertiary/aromatic N) is 2. The molecule has 1 aliphatic rings. The van der Waals surface area contributed by atoms with Gasteiger partial charge in [0.05, 0.1) is 4.92 Å². The van der Waals surface area contributed by atoms with Gasteiger partial charge >= 0.3 is 5.69 Å². The van der Waals surface area contributed by atoms with Crippen LogP contribution >= 0.6 is 12.4 Å². The molecule has 7 heteroatoms. The second-order valence-corrected chi connectivity index (χ2v) is 7.12. The smallest absolute Gasteiger partial charge is 0.310 e. The van der Waals surface area contributed by atoms with E-state index in [2.05, 4.69) is 29.2 Å². The van der Waals surface area contributed by atoms with Crippen molar-refractivity contribution in [1.82, 2.24) is 4.90 Å². The maximum atomic E-state index is 11.0. The molecular weight excluding hydrogens is 380 g/mol. The zero-order valence-electron chi connectivity index (χ0n) is 15.8. The molecule has 152 valence electrons. The normalized spacial score (nSPS) is 16.2. The highest BCUT2D eigenvalue weighted by Gasteiger charge is 2.22. The van der Waals surface area contributed by atoms with Crippen molar-refractivity contribution in [3.05, 3.63) is 70.3 Å². The van der Waals surface area contributed by atoms with Crippen molar-refractivity contribution in [2.24, 2.45) is 5.92 Å². The van der Waals surface area contributed by atoms with Crippen LogP contribution in [0.2, 0.25) is 0 Å². The average molecular weight is 407 g/mol. The Labute approximate surface area is 171 Å². The fourth-order valence-corrected chi connectivity index (χ4v) is 3.59. The molecule has 3 rings (SSSR count). The van der Waals surface area contributed by atoms with Crippen molar-refractivity contribution in [3.63, 3.8) is 0 Å². The lowest BCUT2D eigenvalue weighted by molar-refractivity contribution is -0.385. The summed E-state index contributed by atoms with van der Waals surface area (Å²) in [5, 5.41) is 21.3. The maximum absolute atomic E-state index is 11.0. The van der Waals surface area contributed by atoms with Crippen molar-refractivity contribution in [3.8, 4) is 5.75 Å². The van der Waals surface area contributed by atoms with Gasteiger partial charge in [-0.2, -0.15) is 0 Å². The number of ether oxygens (including phenoxy) is 1.